The van der Waals surface area contributed by atoms with Crippen molar-refractivity contribution in [3.63, 3.8) is 0 Å². The van der Waals surface area contributed by atoms with Gasteiger partial charge in [-0.05, 0) is 52.3 Å². The second-order valence-corrected chi connectivity index (χ2v) is 5.42. The van der Waals surface area contributed by atoms with Crippen molar-refractivity contribution in [1.82, 2.24) is 0 Å². The van der Waals surface area contributed by atoms with E-state index in [0.29, 0.717) is 15.2 Å². The first kappa shape index (κ1) is 15.9. The van der Waals surface area contributed by atoms with E-state index in [1.165, 1.54) is 12.1 Å². The van der Waals surface area contributed by atoms with Gasteiger partial charge in [0.05, 0.1) is 10.6 Å². The lowest BCUT2D eigenvalue weighted by atomic mass is 10.1. The minimum absolute atomic E-state index is 0.0732. The summed E-state index contributed by atoms with van der Waals surface area (Å²) in [7, 11) is 0. The highest BCUT2D eigenvalue weighted by molar-refractivity contribution is 9.10. The number of hydrogen-bond acceptors (Lipinski definition) is 1. The van der Waals surface area contributed by atoms with E-state index in [2.05, 4.69) is 21.2 Å². The lowest BCUT2D eigenvalue weighted by molar-refractivity contribution is -0.137. The van der Waals surface area contributed by atoms with Gasteiger partial charge in [-0.15, -0.1) is 0 Å². The number of alkyl halides is 3. The Kier molecular flexibility index (Phi) is 4.58. The van der Waals surface area contributed by atoms with Gasteiger partial charge in [0.25, 0.3) is 5.91 Å². The van der Waals surface area contributed by atoms with E-state index in [9.17, 15) is 18.0 Å². The van der Waals surface area contributed by atoms with Gasteiger partial charge in [0, 0.05) is 15.7 Å². The van der Waals surface area contributed by atoms with Crippen LogP contribution in [0.25, 0.3) is 0 Å². The highest BCUT2D eigenvalue weighted by Crippen LogP contribution is 2.30. The minimum Gasteiger partial charge on any atom is -0.322 e. The van der Waals surface area contributed by atoms with Crippen LogP contribution >= 0.6 is 27.5 Å². The molecular formula is C14H8BrClF3NO. The lowest BCUT2D eigenvalue weighted by Gasteiger charge is -2.09. The summed E-state index contributed by atoms with van der Waals surface area (Å²) in [6, 6.07) is 8.90. The van der Waals surface area contributed by atoms with Gasteiger partial charge in [-0.25, -0.2) is 0 Å². The van der Waals surface area contributed by atoms with Crippen LogP contribution in [0.5, 0.6) is 0 Å². The minimum atomic E-state index is -4.49. The first-order valence-corrected chi connectivity index (χ1v) is 6.88. The Labute approximate surface area is 132 Å². The Morgan fingerprint density at radius 3 is 2.48 bits per heavy atom. The molecule has 2 aromatic rings. The molecule has 0 aliphatic rings. The second kappa shape index (κ2) is 6.07. The quantitative estimate of drug-likeness (QED) is 0.747. The van der Waals surface area contributed by atoms with Crippen molar-refractivity contribution in [3.05, 3.63) is 63.1 Å². The zero-order valence-corrected chi connectivity index (χ0v) is 12.7. The van der Waals surface area contributed by atoms with Crippen LogP contribution in [0.3, 0.4) is 0 Å². The van der Waals surface area contributed by atoms with Gasteiger partial charge < -0.3 is 5.32 Å². The van der Waals surface area contributed by atoms with E-state index in [0.717, 1.165) is 12.1 Å². The molecule has 7 heteroatoms. The van der Waals surface area contributed by atoms with Gasteiger partial charge in [0.2, 0.25) is 0 Å². The Bertz CT molecular complexity index is 688. The van der Waals surface area contributed by atoms with Gasteiger partial charge in [-0.3, -0.25) is 4.79 Å². The normalized spacial score (nSPS) is 11.3. The Morgan fingerprint density at radius 2 is 1.86 bits per heavy atom. The summed E-state index contributed by atoms with van der Waals surface area (Å²) in [6.45, 7) is 0. The Balaban J connectivity index is 2.22. The first-order chi connectivity index (χ1) is 9.77. The van der Waals surface area contributed by atoms with Crippen molar-refractivity contribution in [2.24, 2.45) is 0 Å². The van der Waals surface area contributed by atoms with E-state index in [4.69, 9.17) is 11.6 Å². The monoisotopic (exact) mass is 377 g/mol. The van der Waals surface area contributed by atoms with Crippen LogP contribution in [0, 0.1) is 0 Å². The molecule has 0 aliphatic heterocycles. The van der Waals surface area contributed by atoms with Crippen LogP contribution < -0.4 is 5.32 Å². The SMILES string of the molecule is O=C(Nc1ccc(Cl)c(Br)c1)c1cccc(C(F)(F)F)c1. The van der Waals surface area contributed by atoms with Crippen LogP contribution in [0.1, 0.15) is 15.9 Å². The van der Waals surface area contributed by atoms with Gasteiger partial charge in [0.1, 0.15) is 0 Å². The van der Waals surface area contributed by atoms with Gasteiger partial charge in [0.15, 0.2) is 0 Å². The number of hydrogen-bond donors (Lipinski definition) is 1. The zero-order chi connectivity index (χ0) is 15.6. The van der Waals surface area contributed by atoms with E-state index in [1.54, 1.807) is 18.2 Å². The van der Waals surface area contributed by atoms with Crippen molar-refractivity contribution >= 4 is 39.1 Å². The molecule has 0 unspecified atom stereocenters. The number of carbonyl (C=O) groups is 1. The fourth-order valence-corrected chi connectivity index (χ4v) is 2.11. The van der Waals surface area contributed by atoms with E-state index < -0.39 is 17.6 Å². The summed E-state index contributed by atoms with van der Waals surface area (Å²) in [5, 5.41) is 2.97. The number of nitrogens with one attached hydrogen (secondary N) is 1. The summed E-state index contributed by atoms with van der Waals surface area (Å²) < 4.78 is 38.4. The summed E-state index contributed by atoms with van der Waals surface area (Å²) in [5.74, 6) is -0.629. The van der Waals surface area contributed by atoms with Crippen LogP contribution in [-0.4, -0.2) is 5.91 Å². The third-order valence-electron chi connectivity index (χ3n) is 2.63. The number of rotatable bonds is 2. The molecule has 1 N–H and O–H groups in total. The molecule has 0 aliphatic carbocycles. The second-order valence-electron chi connectivity index (χ2n) is 4.16. The summed E-state index contributed by atoms with van der Waals surface area (Å²) >= 11 is 9.02. The Morgan fingerprint density at radius 1 is 1.14 bits per heavy atom. The maximum absolute atomic E-state index is 12.6. The molecule has 0 bridgehead atoms. The number of benzene rings is 2. The van der Waals surface area contributed by atoms with Crippen LogP contribution in [-0.2, 0) is 6.18 Å². The zero-order valence-electron chi connectivity index (χ0n) is 10.3. The third kappa shape index (κ3) is 3.98. The summed E-state index contributed by atoms with van der Waals surface area (Å²) in [5.41, 5.74) is -0.517. The Hall–Kier alpha value is -1.53. The highest BCUT2D eigenvalue weighted by atomic mass is 79.9. The average molecular weight is 379 g/mol. The van der Waals surface area contributed by atoms with Gasteiger partial charge >= 0.3 is 6.18 Å². The van der Waals surface area contributed by atoms with E-state index >= 15 is 0 Å². The fraction of sp³-hybridized carbons (Fsp3) is 0.0714. The molecule has 0 saturated carbocycles. The predicted octanol–water partition coefficient (Wildman–Crippen LogP) is 5.37. The number of halogens is 5. The van der Waals surface area contributed by atoms with Crippen molar-refractivity contribution in [2.45, 2.75) is 6.18 Å². The van der Waals surface area contributed by atoms with E-state index in [-0.39, 0.29) is 5.56 Å². The highest BCUT2D eigenvalue weighted by Gasteiger charge is 2.30. The van der Waals surface area contributed by atoms with Crippen LogP contribution in [0.4, 0.5) is 18.9 Å². The predicted molar refractivity (Wildman–Crippen MR) is 78.5 cm³/mol. The largest absolute Gasteiger partial charge is 0.416 e. The molecule has 0 fully saturated rings. The number of carbonyl (C=O) groups excluding carboxylic acids is 1. The molecule has 2 aromatic carbocycles. The first-order valence-electron chi connectivity index (χ1n) is 5.71. The topological polar surface area (TPSA) is 29.1 Å². The fourth-order valence-electron chi connectivity index (χ4n) is 1.61. The lowest BCUT2D eigenvalue weighted by Crippen LogP contribution is -2.13. The maximum atomic E-state index is 12.6. The molecular weight excluding hydrogens is 371 g/mol. The molecule has 0 spiro atoms. The molecule has 0 saturated heterocycles. The molecule has 2 rings (SSSR count). The smallest absolute Gasteiger partial charge is 0.322 e. The van der Waals surface area contributed by atoms with Gasteiger partial charge in [-0.2, -0.15) is 13.2 Å². The molecule has 1 amide bonds. The van der Waals surface area contributed by atoms with Crippen molar-refractivity contribution in [2.75, 3.05) is 5.32 Å². The molecule has 2 nitrogen and oxygen atoms in total. The average Bonchev–Trinajstić information content (AvgIpc) is 2.42. The third-order valence-corrected chi connectivity index (χ3v) is 3.84. The van der Waals surface area contributed by atoms with Crippen LogP contribution in [0.15, 0.2) is 46.9 Å². The summed E-state index contributed by atoms with van der Waals surface area (Å²) in [4.78, 5) is 12.0. The maximum Gasteiger partial charge on any atom is 0.416 e. The van der Waals surface area contributed by atoms with Crippen molar-refractivity contribution < 1.29 is 18.0 Å². The number of amides is 1. The number of anilines is 1. The molecule has 110 valence electrons. The van der Waals surface area contributed by atoms with E-state index in [1.807, 2.05) is 0 Å². The molecule has 0 heterocycles. The van der Waals surface area contributed by atoms with Crippen molar-refractivity contribution in [3.8, 4) is 0 Å². The molecule has 0 aromatic heterocycles. The van der Waals surface area contributed by atoms with Crippen LogP contribution in [0.2, 0.25) is 5.02 Å². The summed E-state index contributed by atoms with van der Waals surface area (Å²) in [6.07, 6.45) is -4.49. The van der Waals surface area contributed by atoms with Gasteiger partial charge in [-0.1, -0.05) is 17.7 Å². The standard InChI is InChI=1S/C14H8BrClF3NO/c15-11-7-10(4-5-12(11)16)20-13(21)8-2-1-3-9(6-8)14(17,18)19/h1-7H,(H,20,21). The van der Waals surface area contributed by atoms with Crippen molar-refractivity contribution in [1.29, 1.82) is 0 Å². The molecule has 0 radical (unpaired) electrons. The molecule has 0 atom stereocenters. The molecule has 21 heavy (non-hydrogen) atoms.